The Labute approximate surface area is 279 Å². The maximum atomic E-state index is 15.6. The number of fused-ring (bicyclic) bond motifs is 4. The van der Waals surface area contributed by atoms with E-state index in [0.29, 0.717) is 17.7 Å². The van der Waals surface area contributed by atoms with Gasteiger partial charge in [0.15, 0.2) is 19.7 Å². The molecule has 6 rings (SSSR count). The van der Waals surface area contributed by atoms with Gasteiger partial charge in [-0.2, -0.15) is 0 Å². The van der Waals surface area contributed by atoms with Crippen LogP contribution in [0.5, 0.6) is 5.88 Å². The minimum absolute atomic E-state index is 0.0388. The van der Waals surface area contributed by atoms with E-state index in [2.05, 4.69) is 52.9 Å². The number of aryl methyl sites for hydroxylation is 1. The van der Waals surface area contributed by atoms with Crippen molar-refractivity contribution < 1.29 is 28.4 Å². The summed E-state index contributed by atoms with van der Waals surface area (Å²) < 4.78 is 19.5. The molecule has 3 aliphatic carbocycles. The molecule has 1 heterocycles. The lowest BCUT2D eigenvalue weighted by Crippen LogP contribution is -2.73. The van der Waals surface area contributed by atoms with E-state index in [1.165, 1.54) is 0 Å². The predicted octanol–water partition coefficient (Wildman–Crippen LogP) is 7.76. The van der Waals surface area contributed by atoms with Crippen LogP contribution in [-0.2, 0) is 26.8 Å². The predicted molar refractivity (Wildman–Crippen MR) is 184 cm³/mol. The lowest BCUT2D eigenvalue weighted by Gasteiger charge is -2.60. The van der Waals surface area contributed by atoms with Crippen molar-refractivity contribution in [2.45, 2.75) is 96.2 Å². The lowest BCUT2D eigenvalue weighted by molar-refractivity contribution is -0.148. The van der Waals surface area contributed by atoms with Crippen LogP contribution >= 0.6 is 0 Å². The van der Waals surface area contributed by atoms with Crippen LogP contribution in [0.2, 0.25) is 18.1 Å². The molecule has 3 aromatic rings. The maximum Gasteiger partial charge on any atom is 0.265 e. The van der Waals surface area contributed by atoms with E-state index in [1.54, 1.807) is 0 Å². The summed E-state index contributed by atoms with van der Waals surface area (Å²) in [6.07, 6.45) is 0.404. The summed E-state index contributed by atoms with van der Waals surface area (Å²) in [6, 6.07) is 15.6. The standard InChI is InChI=1S/C38H48N2O6Si/c1-22-16-15-19-24-27(22)30(41)28-25(36(24,5)6)20-26-37(7,40(8)9)33-29(34(39-45-33)44-21-23-17-13-12-14-18-23)32(43)38(26,31(28)42)46-47(10,11)35(2,3)4/h12-19,25-26,41H,20-21H2,1-11H3/t25?,26?,37-,38-/m0/s1. The minimum atomic E-state index is -2.83. The van der Waals surface area contributed by atoms with Crippen LogP contribution in [0.1, 0.15) is 86.3 Å². The number of carbonyl (C=O) groups is 2. The lowest BCUT2D eigenvalue weighted by atomic mass is 9.49. The molecule has 2 unspecified atom stereocenters. The van der Waals surface area contributed by atoms with Crippen molar-refractivity contribution in [3.63, 3.8) is 0 Å². The first-order valence-corrected chi connectivity index (χ1v) is 19.4. The van der Waals surface area contributed by atoms with Crippen molar-refractivity contribution in [2.24, 2.45) is 11.8 Å². The number of aliphatic hydroxyl groups excluding tert-OH is 1. The Morgan fingerprint density at radius 3 is 2.28 bits per heavy atom. The Kier molecular flexibility index (Phi) is 7.62. The molecule has 0 aliphatic heterocycles. The zero-order valence-electron chi connectivity index (χ0n) is 29.6. The normalized spacial score (nSPS) is 26.9. The summed E-state index contributed by atoms with van der Waals surface area (Å²) in [7, 11) is 1.03. The maximum absolute atomic E-state index is 15.6. The first-order valence-electron chi connectivity index (χ1n) is 16.5. The number of Topliss-reactive ketones (excluding diaryl/α,β-unsaturated/α-hetero) is 2. The summed E-state index contributed by atoms with van der Waals surface area (Å²) in [4.78, 5) is 33.1. The van der Waals surface area contributed by atoms with Gasteiger partial charge < -0.3 is 18.8 Å². The van der Waals surface area contributed by atoms with E-state index in [0.717, 1.165) is 16.7 Å². The van der Waals surface area contributed by atoms with Crippen molar-refractivity contribution in [3.05, 3.63) is 87.7 Å². The molecule has 2 aromatic carbocycles. The molecule has 47 heavy (non-hydrogen) atoms. The van der Waals surface area contributed by atoms with Crippen molar-refractivity contribution in [1.29, 1.82) is 0 Å². The average molecular weight is 657 g/mol. The molecule has 0 amide bonds. The van der Waals surface area contributed by atoms with Crippen LogP contribution in [0.3, 0.4) is 0 Å². The second kappa shape index (κ2) is 10.7. The van der Waals surface area contributed by atoms with E-state index < -0.39 is 42.4 Å². The quantitative estimate of drug-likeness (QED) is 0.212. The largest absolute Gasteiger partial charge is 0.507 e. The van der Waals surface area contributed by atoms with Gasteiger partial charge in [0.1, 0.15) is 17.9 Å². The van der Waals surface area contributed by atoms with Crippen molar-refractivity contribution in [3.8, 4) is 5.88 Å². The van der Waals surface area contributed by atoms with Crippen molar-refractivity contribution in [1.82, 2.24) is 10.1 Å². The Morgan fingerprint density at radius 2 is 1.66 bits per heavy atom. The molecule has 0 bridgehead atoms. The van der Waals surface area contributed by atoms with Crippen molar-refractivity contribution >= 4 is 25.6 Å². The van der Waals surface area contributed by atoms with E-state index >= 15 is 9.59 Å². The van der Waals surface area contributed by atoms with Gasteiger partial charge in [-0.15, -0.1) is 0 Å². The number of aromatic nitrogens is 1. The van der Waals surface area contributed by atoms with Crippen molar-refractivity contribution in [2.75, 3.05) is 14.1 Å². The monoisotopic (exact) mass is 656 g/mol. The number of hydrogen-bond donors (Lipinski definition) is 1. The highest BCUT2D eigenvalue weighted by atomic mass is 28.4. The fraction of sp³-hybridized carbons (Fsp3) is 0.500. The number of aliphatic hydroxyl groups is 1. The van der Waals surface area contributed by atoms with Gasteiger partial charge in [0.2, 0.25) is 11.6 Å². The Bertz CT molecular complexity index is 1800. The van der Waals surface area contributed by atoms with Crippen LogP contribution in [0.25, 0.3) is 5.76 Å². The number of hydrogen-bond acceptors (Lipinski definition) is 8. The van der Waals surface area contributed by atoms with Crippen LogP contribution in [0.15, 0.2) is 58.6 Å². The minimum Gasteiger partial charge on any atom is -0.507 e. The summed E-state index contributed by atoms with van der Waals surface area (Å²) in [5.74, 6) is -1.67. The van der Waals surface area contributed by atoms with Crippen LogP contribution in [-0.4, -0.2) is 54.7 Å². The first-order chi connectivity index (χ1) is 21.8. The Hall–Kier alpha value is -3.53. The molecule has 0 saturated heterocycles. The highest BCUT2D eigenvalue weighted by Gasteiger charge is 2.73. The van der Waals surface area contributed by atoms with Gasteiger partial charge in [-0.25, -0.2) is 0 Å². The molecule has 0 radical (unpaired) electrons. The summed E-state index contributed by atoms with van der Waals surface area (Å²) in [5.41, 5.74) is 0.364. The smallest absolute Gasteiger partial charge is 0.265 e. The zero-order valence-corrected chi connectivity index (χ0v) is 30.6. The molecule has 4 atom stereocenters. The molecule has 3 aliphatic rings. The highest BCUT2D eigenvalue weighted by molar-refractivity contribution is 6.74. The molecule has 1 saturated carbocycles. The van der Waals surface area contributed by atoms with Gasteiger partial charge in [-0.1, -0.05) is 83.1 Å². The number of ketones is 2. The third-order valence-electron chi connectivity index (χ3n) is 12.0. The van der Waals surface area contributed by atoms with E-state index in [1.807, 2.05) is 81.4 Å². The third-order valence-corrected chi connectivity index (χ3v) is 16.4. The molecule has 1 N–H and O–H groups in total. The molecule has 1 aromatic heterocycles. The summed E-state index contributed by atoms with van der Waals surface area (Å²) in [6.45, 7) is 18.8. The van der Waals surface area contributed by atoms with Gasteiger partial charge in [-0.3, -0.25) is 14.5 Å². The van der Waals surface area contributed by atoms with Crippen LogP contribution < -0.4 is 4.74 Å². The molecule has 8 nitrogen and oxygen atoms in total. The van der Waals surface area contributed by atoms with Crippen LogP contribution in [0, 0.1) is 18.8 Å². The molecule has 9 heteroatoms. The molecule has 0 spiro atoms. The zero-order chi connectivity index (χ0) is 34.5. The third kappa shape index (κ3) is 4.56. The summed E-state index contributed by atoms with van der Waals surface area (Å²) in [5, 5.41) is 16.1. The number of rotatable bonds is 6. The Balaban J connectivity index is 1.64. The van der Waals surface area contributed by atoms with Gasteiger partial charge in [-0.05, 0) is 79.8 Å². The van der Waals surface area contributed by atoms with Gasteiger partial charge >= 0.3 is 0 Å². The Morgan fingerprint density at radius 1 is 1.00 bits per heavy atom. The highest BCUT2D eigenvalue weighted by Crippen LogP contribution is 2.63. The topological polar surface area (TPSA) is 102 Å². The molecular formula is C38H48N2O6Si. The van der Waals surface area contributed by atoms with Crippen LogP contribution in [0.4, 0.5) is 0 Å². The van der Waals surface area contributed by atoms with E-state index in [4.69, 9.17) is 13.7 Å². The van der Waals surface area contributed by atoms with Gasteiger partial charge in [0.05, 0.1) is 5.54 Å². The number of nitrogens with zero attached hydrogens (tertiary/aromatic N) is 2. The number of benzene rings is 2. The number of ether oxygens (including phenoxy) is 1. The average Bonchev–Trinajstić information content (AvgIpc) is 3.43. The first kappa shape index (κ1) is 33.4. The van der Waals surface area contributed by atoms with Gasteiger partial charge in [0.25, 0.3) is 5.88 Å². The number of carbonyl (C=O) groups excluding carboxylic acids is 2. The second-order valence-corrected chi connectivity index (χ2v) is 20.8. The summed E-state index contributed by atoms with van der Waals surface area (Å²) >= 11 is 0. The van der Waals surface area contributed by atoms with E-state index in [9.17, 15) is 5.11 Å². The van der Waals surface area contributed by atoms with E-state index in [-0.39, 0.29) is 40.3 Å². The molecule has 250 valence electrons. The fourth-order valence-corrected chi connectivity index (χ4v) is 9.35. The molecular weight excluding hydrogens is 609 g/mol. The second-order valence-electron chi connectivity index (χ2n) is 16.1. The fourth-order valence-electron chi connectivity index (χ4n) is 7.92. The molecule has 1 fully saturated rings. The SMILES string of the molecule is Cc1cccc2c1C(O)=C1C(=O)[C@]3(O[Si](C)(C)C(C)(C)C)C(=O)c4c(OCc5ccccc5)noc4[C@@](C)(N(C)C)C3CC1C2(C)C. The van der Waals surface area contributed by atoms with Gasteiger partial charge in [0, 0.05) is 23.0 Å².